The third kappa shape index (κ3) is 3.98. The van der Waals surface area contributed by atoms with Gasteiger partial charge in [0.05, 0.1) is 12.2 Å². The Labute approximate surface area is 119 Å². The number of rotatable bonds is 5. The van der Waals surface area contributed by atoms with Crippen molar-refractivity contribution in [1.82, 2.24) is 0 Å². The highest BCUT2D eigenvalue weighted by atomic mass is 16.7. The largest absolute Gasteiger partial charge is 0.341 e. The molecule has 0 atom stereocenters. The van der Waals surface area contributed by atoms with Gasteiger partial charge in [0.1, 0.15) is 0 Å². The molecule has 5 nitrogen and oxygen atoms in total. The minimum Gasteiger partial charge on any atom is -0.341 e. The van der Waals surface area contributed by atoms with Gasteiger partial charge in [0.15, 0.2) is 0 Å². The highest BCUT2D eigenvalue weighted by Gasteiger charge is 2.18. The minimum absolute atomic E-state index is 0.125. The van der Waals surface area contributed by atoms with Crippen molar-refractivity contribution in [1.29, 1.82) is 0 Å². The van der Waals surface area contributed by atoms with Crippen molar-refractivity contribution >= 4 is 23.3 Å². The third-order valence-corrected chi connectivity index (χ3v) is 2.77. The van der Waals surface area contributed by atoms with Gasteiger partial charge < -0.3 is 10.2 Å². The Balaban J connectivity index is 3.29. The molecule has 5 heteroatoms. The molecule has 0 fully saturated rings. The van der Waals surface area contributed by atoms with Crippen LogP contribution >= 0.6 is 0 Å². The maximum absolute atomic E-state index is 11.3. The third-order valence-electron chi connectivity index (χ3n) is 2.77. The molecule has 0 radical (unpaired) electrons. The topological polar surface area (TPSA) is 58.6 Å². The number of nitrogens with one attached hydrogen (secondary N) is 1. The number of carbonyl (C=O) groups is 2. The van der Waals surface area contributed by atoms with Crippen LogP contribution in [0.5, 0.6) is 0 Å². The van der Waals surface area contributed by atoms with Crippen LogP contribution in [0.3, 0.4) is 0 Å². The summed E-state index contributed by atoms with van der Waals surface area (Å²) in [5.41, 5.74) is 2.49. The van der Waals surface area contributed by atoms with Crippen LogP contribution in [-0.4, -0.2) is 18.4 Å². The molecule has 0 unspecified atom stereocenters. The van der Waals surface area contributed by atoms with Crippen LogP contribution in [-0.2, 0) is 14.4 Å². The molecular weight excluding hydrogens is 256 g/mol. The van der Waals surface area contributed by atoms with E-state index in [4.69, 9.17) is 4.84 Å². The zero-order valence-corrected chi connectivity index (χ0v) is 12.7. The van der Waals surface area contributed by atoms with Crippen molar-refractivity contribution in [2.24, 2.45) is 0 Å². The molecule has 1 aromatic rings. The number of benzene rings is 1. The Hall–Kier alpha value is -2.04. The lowest BCUT2D eigenvalue weighted by atomic mass is 9.98. The maximum atomic E-state index is 11.3. The fourth-order valence-electron chi connectivity index (χ4n) is 2.12. The van der Waals surface area contributed by atoms with Crippen molar-refractivity contribution in [2.75, 3.05) is 16.9 Å². The van der Waals surface area contributed by atoms with Crippen LogP contribution < -0.4 is 10.4 Å². The average molecular weight is 278 g/mol. The second-order valence-electron chi connectivity index (χ2n) is 4.85. The van der Waals surface area contributed by atoms with Gasteiger partial charge in [-0.1, -0.05) is 19.9 Å². The van der Waals surface area contributed by atoms with E-state index in [2.05, 4.69) is 5.32 Å². The average Bonchev–Trinajstić information content (AvgIpc) is 2.34. The summed E-state index contributed by atoms with van der Waals surface area (Å²) in [4.78, 5) is 27.7. The van der Waals surface area contributed by atoms with E-state index in [1.54, 1.807) is 5.06 Å². The van der Waals surface area contributed by atoms with Gasteiger partial charge in [-0.25, -0.2) is 5.06 Å². The zero-order chi connectivity index (χ0) is 15.3. The summed E-state index contributed by atoms with van der Waals surface area (Å²) < 4.78 is 0. The molecule has 0 aliphatic heterocycles. The van der Waals surface area contributed by atoms with Crippen LogP contribution in [0.25, 0.3) is 0 Å². The van der Waals surface area contributed by atoms with Gasteiger partial charge >= 0.3 is 5.97 Å². The molecule has 0 bridgehead atoms. The Morgan fingerprint density at radius 3 is 2.40 bits per heavy atom. The Kier molecular flexibility index (Phi) is 5.55. The van der Waals surface area contributed by atoms with Gasteiger partial charge in [-0.15, -0.1) is 0 Å². The summed E-state index contributed by atoms with van der Waals surface area (Å²) in [6.07, 6.45) is 0. The normalized spacial score (nSPS) is 10.3. The van der Waals surface area contributed by atoms with Crippen molar-refractivity contribution in [2.45, 2.75) is 40.5 Å². The molecule has 0 saturated heterocycles. The number of anilines is 2. The second kappa shape index (κ2) is 6.93. The summed E-state index contributed by atoms with van der Waals surface area (Å²) in [5.74, 6) is -0.316. The summed E-state index contributed by atoms with van der Waals surface area (Å²) in [6.45, 7) is 9.34. The molecule has 1 N–H and O–H groups in total. The number of hydrogen-bond acceptors (Lipinski definition) is 4. The summed E-state index contributed by atoms with van der Waals surface area (Å²) in [7, 11) is 0. The molecule has 20 heavy (non-hydrogen) atoms. The standard InChI is InChI=1S/C15H22N2O3/c1-6-17(20-12(5)19)14-9-7-8-13(16-11(4)18)15(14)10(2)3/h7-10H,6H2,1-5H3,(H,16,18). The molecule has 110 valence electrons. The summed E-state index contributed by atoms with van der Waals surface area (Å²) in [5, 5.41) is 4.37. The van der Waals surface area contributed by atoms with E-state index in [1.165, 1.54) is 13.8 Å². The molecule has 1 aromatic carbocycles. The highest BCUT2D eigenvalue weighted by molar-refractivity contribution is 5.91. The first kappa shape index (κ1) is 16.0. The number of carbonyl (C=O) groups excluding carboxylic acids is 2. The first-order valence-electron chi connectivity index (χ1n) is 6.73. The second-order valence-corrected chi connectivity index (χ2v) is 4.85. The lowest BCUT2D eigenvalue weighted by Gasteiger charge is -2.26. The molecule has 0 heterocycles. The van der Waals surface area contributed by atoms with Gasteiger partial charge in [0.25, 0.3) is 0 Å². The van der Waals surface area contributed by atoms with Crippen LogP contribution in [0, 0.1) is 0 Å². The van der Waals surface area contributed by atoms with Gasteiger partial charge in [0, 0.05) is 25.1 Å². The first-order chi connectivity index (χ1) is 9.36. The Morgan fingerprint density at radius 2 is 1.95 bits per heavy atom. The van der Waals surface area contributed by atoms with E-state index in [-0.39, 0.29) is 17.8 Å². The van der Waals surface area contributed by atoms with Crippen molar-refractivity contribution in [3.05, 3.63) is 23.8 Å². The minimum atomic E-state index is -0.369. The lowest BCUT2D eigenvalue weighted by molar-refractivity contribution is -0.142. The lowest BCUT2D eigenvalue weighted by Crippen LogP contribution is -2.27. The van der Waals surface area contributed by atoms with E-state index in [0.717, 1.165) is 16.9 Å². The van der Waals surface area contributed by atoms with E-state index < -0.39 is 0 Å². The molecule has 0 saturated carbocycles. The predicted octanol–water partition coefficient (Wildman–Crippen LogP) is 3.07. The molecule has 0 aliphatic carbocycles. The van der Waals surface area contributed by atoms with Crippen molar-refractivity contribution in [3.63, 3.8) is 0 Å². The van der Waals surface area contributed by atoms with E-state index in [0.29, 0.717) is 6.54 Å². The van der Waals surface area contributed by atoms with Gasteiger partial charge in [-0.05, 0) is 25.0 Å². The zero-order valence-electron chi connectivity index (χ0n) is 12.7. The molecule has 0 spiro atoms. The number of hydroxylamine groups is 1. The van der Waals surface area contributed by atoms with Crippen LogP contribution in [0.1, 0.15) is 46.1 Å². The van der Waals surface area contributed by atoms with E-state index in [1.807, 2.05) is 39.0 Å². The van der Waals surface area contributed by atoms with Gasteiger partial charge in [-0.2, -0.15) is 0 Å². The quantitative estimate of drug-likeness (QED) is 0.841. The van der Waals surface area contributed by atoms with Crippen molar-refractivity contribution < 1.29 is 14.4 Å². The van der Waals surface area contributed by atoms with E-state index >= 15 is 0 Å². The molecular formula is C15H22N2O3. The van der Waals surface area contributed by atoms with Crippen molar-refractivity contribution in [3.8, 4) is 0 Å². The van der Waals surface area contributed by atoms with Gasteiger partial charge in [0.2, 0.25) is 5.91 Å². The van der Waals surface area contributed by atoms with Crippen LogP contribution in [0.2, 0.25) is 0 Å². The first-order valence-corrected chi connectivity index (χ1v) is 6.73. The maximum Gasteiger partial charge on any atom is 0.329 e. The number of amides is 1. The summed E-state index contributed by atoms with van der Waals surface area (Å²) >= 11 is 0. The Bertz CT molecular complexity index is 498. The van der Waals surface area contributed by atoms with Crippen LogP contribution in [0.4, 0.5) is 11.4 Å². The molecule has 1 rings (SSSR count). The van der Waals surface area contributed by atoms with Gasteiger partial charge in [-0.3, -0.25) is 9.59 Å². The highest BCUT2D eigenvalue weighted by Crippen LogP contribution is 2.34. The Morgan fingerprint density at radius 1 is 1.30 bits per heavy atom. The summed E-state index contributed by atoms with van der Waals surface area (Å²) in [6, 6.07) is 5.56. The molecule has 1 amide bonds. The number of nitrogens with zero attached hydrogens (tertiary/aromatic N) is 1. The molecule has 0 aromatic heterocycles. The van der Waals surface area contributed by atoms with E-state index in [9.17, 15) is 9.59 Å². The smallest absolute Gasteiger partial charge is 0.329 e. The predicted molar refractivity (Wildman–Crippen MR) is 79.6 cm³/mol. The molecule has 0 aliphatic rings. The number of hydrogen-bond donors (Lipinski definition) is 1. The SMILES string of the molecule is CCN(OC(C)=O)c1cccc(NC(C)=O)c1C(C)C. The van der Waals surface area contributed by atoms with Crippen LogP contribution in [0.15, 0.2) is 18.2 Å². The fraction of sp³-hybridized carbons (Fsp3) is 0.467. The fourth-order valence-corrected chi connectivity index (χ4v) is 2.12. The monoisotopic (exact) mass is 278 g/mol.